The summed E-state index contributed by atoms with van der Waals surface area (Å²) in [6, 6.07) is 8.28. The van der Waals surface area contributed by atoms with E-state index in [-0.39, 0.29) is 5.91 Å². The SMILES string of the molecule is CCN1CCN(Cc2ccccc2C=NN=C2NC(=O)CS2)CC1. The number of amides is 1. The van der Waals surface area contributed by atoms with Crippen molar-refractivity contribution in [2.45, 2.75) is 13.5 Å². The summed E-state index contributed by atoms with van der Waals surface area (Å²) >= 11 is 1.38. The zero-order chi connectivity index (χ0) is 16.8. The second-order valence-corrected chi connectivity index (χ2v) is 6.86. The zero-order valence-corrected chi connectivity index (χ0v) is 14.8. The first-order chi connectivity index (χ1) is 11.7. The Morgan fingerprint density at radius 2 is 1.96 bits per heavy atom. The first kappa shape index (κ1) is 17.1. The third-order valence-corrected chi connectivity index (χ3v) is 5.16. The molecular formula is C17H23N5OS. The number of benzene rings is 1. The fourth-order valence-electron chi connectivity index (χ4n) is 2.83. The molecule has 1 amide bonds. The molecule has 1 N–H and O–H groups in total. The average Bonchev–Trinajstić information content (AvgIpc) is 3.02. The summed E-state index contributed by atoms with van der Waals surface area (Å²) in [6.07, 6.45) is 1.77. The van der Waals surface area contributed by atoms with Gasteiger partial charge in [0.1, 0.15) is 0 Å². The second-order valence-electron chi connectivity index (χ2n) is 5.90. The van der Waals surface area contributed by atoms with Crippen LogP contribution in [0.15, 0.2) is 34.5 Å². The summed E-state index contributed by atoms with van der Waals surface area (Å²) in [6.45, 7) is 8.75. The minimum absolute atomic E-state index is 0.0134. The van der Waals surface area contributed by atoms with E-state index in [1.54, 1.807) is 6.21 Å². The smallest absolute Gasteiger partial charge is 0.236 e. The molecule has 0 aliphatic carbocycles. The topological polar surface area (TPSA) is 60.3 Å². The largest absolute Gasteiger partial charge is 0.303 e. The molecule has 3 rings (SSSR count). The molecule has 2 heterocycles. The van der Waals surface area contributed by atoms with E-state index in [4.69, 9.17) is 0 Å². The number of nitrogens with one attached hydrogen (secondary N) is 1. The van der Waals surface area contributed by atoms with Crippen LogP contribution in [0.4, 0.5) is 0 Å². The van der Waals surface area contributed by atoms with Gasteiger partial charge in [0, 0.05) is 32.7 Å². The molecule has 7 heteroatoms. The molecule has 0 bridgehead atoms. The Hall–Kier alpha value is -1.70. The summed E-state index contributed by atoms with van der Waals surface area (Å²) in [4.78, 5) is 16.1. The van der Waals surface area contributed by atoms with Crippen LogP contribution in [0, 0.1) is 0 Å². The van der Waals surface area contributed by atoms with Gasteiger partial charge in [-0.1, -0.05) is 43.0 Å². The molecule has 6 nitrogen and oxygen atoms in total. The Kier molecular flexibility index (Phi) is 6.01. The van der Waals surface area contributed by atoms with Gasteiger partial charge in [0.2, 0.25) is 5.91 Å². The van der Waals surface area contributed by atoms with Gasteiger partial charge in [-0.15, -0.1) is 5.10 Å². The van der Waals surface area contributed by atoms with Crippen molar-refractivity contribution in [3.63, 3.8) is 0 Å². The molecule has 1 aromatic carbocycles. The number of hydrogen-bond donors (Lipinski definition) is 1. The maximum atomic E-state index is 11.1. The number of carbonyl (C=O) groups is 1. The van der Waals surface area contributed by atoms with Gasteiger partial charge in [0.25, 0.3) is 0 Å². The highest BCUT2D eigenvalue weighted by Crippen LogP contribution is 2.13. The van der Waals surface area contributed by atoms with Crippen molar-refractivity contribution in [3.8, 4) is 0 Å². The molecule has 0 aromatic heterocycles. The van der Waals surface area contributed by atoms with Crippen LogP contribution in [0.2, 0.25) is 0 Å². The molecule has 0 saturated carbocycles. The number of hydrogen-bond acceptors (Lipinski definition) is 6. The highest BCUT2D eigenvalue weighted by molar-refractivity contribution is 8.15. The lowest BCUT2D eigenvalue weighted by Gasteiger charge is -2.34. The Bertz CT molecular complexity index is 638. The summed E-state index contributed by atoms with van der Waals surface area (Å²) in [5, 5.41) is 11.5. The molecule has 0 spiro atoms. The van der Waals surface area contributed by atoms with Crippen LogP contribution in [0.5, 0.6) is 0 Å². The van der Waals surface area contributed by atoms with E-state index in [1.165, 1.54) is 17.3 Å². The highest BCUT2D eigenvalue weighted by atomic mass is 32.2. The number of thioether (sulfide) groups is 1. The van der Waals surface area contributed by atoms with Crippen molar-refractivity contribution in [2.75, 3.05) is 38.5 Å². The van der Waals surface area contributed by atoms with Crippen LogP contribution in [0.3, 0.4) is 0 Å². The van der Waals surface area contributed by atoms with Crippen LogP contribution in [-0.4, -0.2) is 65.6 Å². The number of nitrogens with zero attached hydrogens (tertiary/aromatic N) is 4. The number of carbonyl (C=O) groups excluding carboxylic acids is 1. The molecule has 2 saturated heterocycles. The van der Waals surface area contributed by atoms with Gasteiger partial charge >= 0.3 is 0 Å². The van der Waals surface area contributed by atoms with Gasteiger partial charge in [-0.25, -0.2) is 0 Å². The number of rotatable bonds is 5. The predicted molar refractivity (Wildman–Crippen MR) is 99.5 cm³/mol. The van der Waals surface area contributed by atoms with Crippen molar-refractivity contribution in [1.29, 1.82) is 0 Å². The monoisotopic (exact) mass is 345 g/mol. The summed E-state index contributed by atoms with van der Waals surface area (Å²) < 4.78 is 0. The third kappa shape index (κ3) is 4.66. The fourth-order valence-corrected chi connectivity index (χ4v) is 3.46. The fraction of sp³-hybridized carbons (Fsp3) is 0.471. The maximum absolute atomic E-state index is 11.1. The zero-order valence-electron chi connectivity index (χ0n) is 13.9. The summed E-state index contributed by atoms with van der Waals surface area (Å²) in [5.41, 5.74) is 2.34. The molecule has 0 atom stereocenters. The maximum Gasteiger partial charge on any atom is 0.236 e. The van der Waals surface area contributed by atoms with E-state index < -0.39 is 0 Å². The van der Waals surface area contributed by atoms with E-state index in [0.29, 0.717) is 10.9 Å². The van der Waals surface area contributed by atoms with Crippen LogP contribution in [-0.2, 0) is 11.3 Å². The minimum Gasteiger partial charge on any atom is -0.303 e. The molecule has 2 aliphatic heterocycles. The van der Waals surface area contributed by atoms with E-state index in [1.807, 2.05) is 6.07 Å². The molecule has 2 aliphatic rings. The summed E-state index contributed by atoms with van der Waals surface area (Å²) in [5.74, 6) is 0.412. The third-order valence-electron chi connectivity index (χ3n) is 4.29. The van der Waals surface area contributed by atoms with Crippen LogP contribution < -0.4 is 5.32 Å². The first-order valence-corrected chi connectivity index (χ1v) is 9.29. The normalized spacial score (nSPS) is 21.7. The van der Waals surface area contributed by atoms with Crippen molar-refractivity contribution < 1.29 is 4.79 Å². The Morgan fingerprint density at radius 1 is 1.21 bits per heavy atom. The lowest BCUT2D eigenvalue weighted by molar-refractivity contribution is -0.116. The van der Waals surface area contributed by atoms with Gasteiger partial charge in [0.05, 0.1) is 12.0 Å². The average molecular weight is 345 g/mol. The Labute approximate surface area is 147 Å². The lowest BCUT2D eigenvalue weighted by Crippen LogP contribution is -2.45. The van der Waals surface area contributed by atoms with Crippen molar-refractivity contribution in [3.05, 3.63) is 35.4 Å². The first-order valence-electron chi connectivity index (χ1n) is 8.31. The molecule has 0 radical (unpaired) electrons. The Morgan fingerprint density at radius 3 is 2.67 bits per heavy atom. The van der Waals surface area contributed by atoms with Gasteiger partial charge < -0.3 is 10.2 Å². The van der Waals surface area contributed by atoms with Crippen LogP contribution in [0.1, 0.15) is 18.1 Å². The minimum atomic E-state index is -0.0134. The van der Waals surface area contributed by atoms with E-state index in [0.717, 1.165) is 44.8 Å². The number of likely N-dealkylation sites (N-methyl/N-ethyl adjacent to an activating group) is 1. The molecule has 24 heavy (non-hydrogen) atoms. The molecule has 128 valence electrons. The predicted octanol–water partition coefficient (Wildman–Crippen LogP) is 1.38. The van der Waals surface area contributed by atoms with Gasteiger partial charge in [-0.05, 0) is 17.7 Å². The van der Waals surface area contributed by atoms with Crippen LogP contribution >= 0.6 is 11.8 Å². The Balaban J connectivity index is 1.62. The highest BCUT2D eigenvalue weighted by Gasteiger charge is 2.17. The quantitative estimate of drug-likeness (QED) is 0.647. The lowest BCUT2D eigenvalue weighted by atomic mass is 10.1. The van der Waals surface area contributed by atoms with Gasteiger partial charge in [0.15, 0.2) is 5.17 Å². The molecular weight excluding hydrogens is 322 g/mol. The van der Waals surface area contributed by atoms with Crippen molar-refractivity contribution in [2.24, 2.45) is 10.2 Å². The van der Waals surface area contributed by atoms with Gasteiger partial charge in [-0.3, -0.25) is 9.69 Å². The van der Waals surface area contributed by atoms with Crippen molar-refractivity contribution >= 4 is 29.1 Å². The number of amidine groups is 1. The van der Waals surface area contributed by atoms with Crippen LogP contribution in [0.25, 0.3) is 0 Å². The van der Waals surface area contributed by atoms with E-state index in [9.17, 15) is 4.79 Å². The van der Waals surface area contributed by atoms with E-state index >= 15 is 0 Å². The molecule has 2 fully saturated rings. The molecule has 0 unspecified atom stereocenters. The standard InChI is InChI=1S/C17H23N5OS/c1-2-21-7-9-22(10-8-21)12-15-6-4-3-5-14(15)11-18-20-17-19-16(23)13-24-17/h3-6,11H,2,7-10,12-13H2,1H3,(H,19,20,23). The summed E-state index contributed by atoms with van der Waals surface area (Å²) in [7, 11) is 0. The second kappa shape index (κ2) is 8.41. The number of piperazine rings is 1. The van der Waals surface area contributed by atoms with E-state index in [2.05, 4.69) is 50.4 Å². The van der Waals surface area contributed by atoms with Crippen molar-refractivity contribution in [1.82, 2.24) is 15.1 Å². The molecule has 1 aromatic rings. The van der Waals surface area contributed by atoms with Gasteiger partial charge in [-0.2, -0.15) is 5.10 Å².